The van der Waals surface area contributed by atoms with Gasteiger partial charge in [0.05, 0.1) is 0 Å². The molecule has 8 heteroatoms. The highest BCUT2D eigenvalue weighted by molar-refractivity contribution is 5.79. The fourth-order valence-corrected chi connectivity index (χ4v) is 3.38. The molecule has 0 radical (unpaired) electrons. The number of hydrogen-bond donors (Lipinski definition) is 0. The second kappa shape index (κ2) is 8.26. The molecular formula is C18H23F3N2O3. The van der Waals surface area contributed by atoms with Crippen LogP contribution in [0.4, 0.5) is 13.2 Å². The van der Waals surface area contributed by atoms with Crippen LogP contribution in [0.1, 0.15) is 18.4 Å². The number of ether oxygens (including phenoxy) is 2. The Balaban J connectivity index is 1.45. The summed E-state index contributed by atoms with van der Waals surface area (Å²) in [5.41, 5.74) is 0.920. The van der Waals surface area contributed by atoms with Gasteiger partial charge >= 0.3 is 6.36 Å². The molecule has 5 nitrogen and oxygen atoms in total. The van der Waals surface area contributed by atoms with Gasteiger partial charge < -0.3 is 14.4 Å². The van der Waals surface area contributed by atoms with E-state index in [4.69, 9.17) is 4.74 Å². The van der Waals surface area contributed by atoms with Gasteiger partial charge in [0.25, 0.3) is 0 Å². The van der Waals surface area contributed by atoms with Crippen LogP contribution in [0.2, 0.25) is 0 Å². The zero-order chi connectivity index (χ0) is 18.6. The zero-order valence-corrected chi connectivity index (χ0v) is 14.5. The zero-order valence-electron chi connectivity index (χ0n) is 14.5. The molecule has 0 unspecified atom stereocenters. The van der Waals surface area contributed by atoms with Gasteiger partial charge in [-0.15, -0.1) is 13.2 Å². The standard InChI is InChI=1S/C18H23F3N2O3/c19-18(20,21)26-16-3-1-14(2-4-16)13-22-7-9-23(10-8-22)17(24)15-5-11-25-12-6-15/h1-4,15H,5-13H2. The average Bonchev–Trinajstić information content (AvgIpc) is 2.63. The molecule has 0 atom stereocenters. The maximum atomic E-state index is 12.5. The number of benzene rings is 1. The van der Waals surface area contributed by atoms with Crippen molar-refractivity contribution in [2.45, 2.75) is 25.7 Å². The highest BCUT2D eigenvalue weighted by atomic mass is 19.4. The van der Waals surface area contributed by atoms with Gasteiger partial charge in [0.15, 0.2) is 0 Å². The Morgan fingerprint density at radius 1 is 1.08 bits per heavy atom. The molecule has 0 spiro atoms. The molecule has 1 amide bonds. The SMILES string of the molecule is O=C(C1CCOCC1)N1CCN(Cc2ccc(OC(F)(F)F)cc2)CC1. The number of amides is 1. The molecule has 2 aliphatic heterocycles. The summed E-state index contributed by atoms with van der Waals surface area (Å²) in [4.78, 5) is 16.6. The molecule has 0 bridgehead atoms. The highest BCUT2D eigenvalue weighted by Crippen LogP contribution is 2.23. The van der Waals surface area contributed by atoms with Crippen LogP contribution in [0.15, 0.2) is 24.3 Å². The number of alkyl halides is 3. The summed E-state index contributed by atoms with van der Waals surface area (Å²) in [5, 5.41) is 0. The molecule has 1 aromatic carbocycles. The summed E-state index contributed by atoms with van der Waals surface area (Å²) in [6.07, 6.45) is -3.08. The molecule has 0 N–H and O–H groups in total. The fourth-order valence-electron chi connectivity index (χ4n) is 3.38. The topological polar surface area (TPSA) is 42.0 Å². The molecule has 0 aromatic heterocycles. The lowest BCUT2D eigenvalue weighted by molar-refractivity contribution is -0.274. The molecule has 0 aliphatic carbocycles. The van der Waals surface area contributed by atoms with Crippen molar-refractivity contribution in [1.29, 1.82) is 0 Å². The van der Waals surface area contributed by atoms with Crippen LogP contribution in [0.25, 0.3) is 0 Å². The highest BCUT2D eigenvalue weighted by Gasteiger charge is 2.31. The van der Waals surface area contributed by atoms with Crippen molar-refractivity contribution < 1.29 is 27.4 Å². The molecule has 0 saturated carbocycles. The summed E-state index contributed by atoms with van der Waals surface area (Å²) < 4.78 is 45.7. The van der Waals surface area contributed by atoms with Crippen LogP contribution >= 0.6 is 0 Å². The van der Waals surface area contributed by atoms with Gasteiger partial charge in [0.2, 0.25) is 5.91 Å². The minimum Gasteiger partial charge on any atom is -0.406 e. The molecule has 2 aliphatic rings. The maximum Gasteiger partial charge on any atom is 0.573 e. The van der Waals surface area contributed by atoms with Gasteiger partial charge in [0, 0.05) is 51.9 Å². The number of piperazine rings is 1. The van der Waals surface area contributed by atoms with Crippen molar-refractivity contribution >= 4 is 5.91 Å². The summed E-state index contributed by atoms with van der Waals surface area (Å²) in [6.45, 7) is 4.85. The number of hydrogen-bond acceptors (Lipinski definition) is 4. The van der Waals surface area contributed by atoms with Gasteiger partial charge in [-0.3, -0.25) is 9.69 Å². The first-order valence-corrected chi connectivity index (χ1v) is 8.84. The van der Waals surface area contributed by atoms with E-state index in [1.807, 2.05) is 4.90 Å². The van der Waals surface area contributed by atoms with Gasteiger partial charge in [-0.25, -0.2) is 0 Å². The van der Waals surface area contributed by atoms with Crippen molar-refractivity contribution in [1.82, 2.24) is 9.80 Å². The van der Waals surface area contributed by atoms with E-state index in [0.717, 1.165) is 31.5 Å². The van der Waals surface area contributed by atoms with Crippen LogP contribution in [0, 0.1) is 5.92 Å². The molecule has 1 aromatic rings. The molecule has 3 rings (SSSR count). The van der Waals surface area contributed by atoms with Crippen LogP contribution in [0.5, 0.6) is 5.75 Å². The normalized spacial score (nSPS) is 20.2. The first-order chi connectivity index (χ1) is 12.4. The fraction of sp³-hybridized carbons (Fsp3) is 0.611. The number of carbonyl (C=O) groups excluding carboxylic acids is 1. The summed E-state index contributed by atoms with van der Waals surface area (Å²) in [7, 11) is 0. The van der Waals surface area contributed by atoms with Crippen molar-refractivity contribution in [3.8, 4) is 5.75 Å². The van der Waals surface area contributed by atoms with E-state index in [1.54, 1.807) is 12.1 Å². The summed E-state index contributed by atoms with van der Waals surface area (Å²) >= 11 is 0. The predicted octanol–water partition coefficient (Wildman–Crippen LogP) is 2.66. The summed E-state index contributed by atoms with van der Waals surface area (Å²) in [5.74, 6) is 0.0891. The van der Waals surface area contributed by atoms with Crippen molar-refractivity contribution in [3.05, 3.63) is 29.8 Å². The minimum atomic E-state index is -4.67. The van der Waals surface area contributed by atoms with E-state index in [2.05, 4.69) is 9.64 Å². The third-order valence-corrected chi connectivity index (χ3v) is 4.82. The molecule has 26 heavy (non-hydrogen) atoms. The number of nitrogens with zero attached hydrogens (tertiary/aromatic N) is 2. The third-order valence-electron chi connectivity index (χ3n) is 4.82. The minimum absolute atomic E-state index is 0.0801. The number of rotatable bonds is 4. The van der Waals surface area contributed by atoms with E-state index in [1.165, 1.54) is 12.1 Å². The Hall–Kier alpha value is -1.80. The molecule has 2 saturated heterocycles. The van der Waals surface area contributed by atoms with Gasteiger partial charge in [-0.05, 0) is 30.5 Å². The lowest BCUT2D eigenvalue weighted by atomic mass is 9.98. The molecule has 144 valence electrons. The van der Waals surface area contributed by atoms with Crippen LogP contribution in [-0.4, -0.2) is 61.5 Å². The van der Waals surface area contributed by atoms with E-state index < -0.39 is 6.36 Å². The summed E-state index contributed by atoms with van der Waals surface area (Å²) in [6, 6.07) is 5.93. The Labute approximate surface area is 150 Å². The van der Waals surface area contributed by atoms with Gasteiger partial charge in [-0.2, -0.15) is 0 Å². The molecule has 2 heterocycles. The first-order valence-electron chi connectivity index (χ1n) is 8.84. The van der Waals surface area contributed by atoms with Crippen LogP contribution < -0.4 is 4.74 Å². The van der Waals surface area contributed by atoms with Gasteiger partial charge in [-0.1, -0.05) is 12.1 Å². The molecule has 2 fully saturated rings. The van der Waals surface area contributed by atoms with E-state index in [-0.39, 0.29) is 17.6 Å². The Kier molecular flexibility index (Phi) is 6.03. The third kappa shape index (κ3) is 5.35. The lowest BCUT2D eigenvalue weighted by Crippen LogP contribution is -2.50. The van der Waals surface area contributed by atoms with E-state index >= 15 is 0 Å². The molecular weight excluding hydrogens is 349 g/mol. The largest absolute Gasteiger partial charge is 0.573 e. The Morgan fingerprint density at radius 2 is 1.69 bits per heavy atom. The monoisotopic (exact) mass is 372 g/mol. The van der Waals surface area contributed by atoms with E-state index in [0.29, 0.717) is 32.8 Å². The first kappa shape index (κ1) is 19.0. The second-order valence-electron chi connectivity index (χ2n) is 6.68. The van der Waals surface area contributed by atoms with Crippen molar-refractivity contribution in [3.63, 3.8) is 0 Å². The van der Waals surface area contributed by atoms with Crippen LogP contribution in [0.3, 0.4) is 0 Å². The predicted molar refractivity (Wildman–Crippen MR) is 88.5 cm³/mol. The van der Waals surface area contributed by atoms with Crippen molar-refractivity contribution in [2.24, 2.45) is 5.92 Å². The number of carbonyl (C=O) groups is 1. The number of halogens is 3. The van der Waals surface area contributed by atoms with Crippen LogP contribution in [-0.2, 0) is 16.1 Å². The average molecular weight is 372 g/mol. The quantitative estimate of drug-likeness (QED) is 0.815. The lowest BCUT2D eigenvalue weighted by Gasteiger charge is -2.37. The van der Waals surface area contributed by atoms with Crippen molar-refractivity contribution in [2.75, 3.05) is 39.4 Å². The maximum absolute atomic E-state index is 12.5. The Bertz CT molecular complexity index is 593. The van der Waals surface area contributed by atoms with Gasteiger partial charge in [0.1, 0.15) is 5.75 Å². The second-order valence-corrected chi connectivity index (χ2v) is 6.68. The Morgan fingerprint density at radius 3 is 2.27 bits per heavy atom. The smallest absolute Gasteiger partial charge is 0.406 e. The van der Waals surface area contributed by atoms with E-state index in [9.17, 15) is 18.0 Å².